The molecule has 2 amide bonds. The second-order valence-corrected chi connectivity index (χ2v) is 6.04. The summed E-state index contributed by atoms with van der Waals surface area (Å²) in [4.78, 5) is 34.1. The Kier molecular flexibility index (Phi) is 5.30. The van der Waals surface area contributed by atoms with E-state index >= 15 is 0 Å². The highest BCUT2D eigenvalue weighted by Gasteiger charge is 2.19. The molecule has 3 aromatic rings. The molecule has 10 nitrogen and oxygen atoms in total. The molecule has 2 aromatic carbocycles. The monoisotopic (exact) mass is 398 g/mol. The highest BCUT2D eigenvalue weighted by Crippen LogP contribution is 2.22. The van der Waals surface area contributed by atoms with Crippen molar-refractivity contribution in [3.05, 3.63) is 69.8 Å². The first-order valence-electron chi connectivity index (χ1n) is 8.32. The van der Waals surface area contributed by atoms with Crippen LogP contribution in [0, 0.1) is 22.9 Å². The highest BCUT2D eigenvalue weighted by atomic mass is 19.1. The van der Waals surface area contributed by atoms with E-state index in [4.69, 9.17) is 0 Å². The van der Waals surface area contributed by atoms with Crippen LogP contribution in [0.15, 0.2) is 42.5 Å². The minimum Gasteiger partial charge on any atom is -0.324 e. The lowest BCUT2D eigenvalue weighted by Crippen LogP contribution is -2.15. The number of nitro benzene ring substituents is 1. The van der Waals surface area contributed by atoms with Crippen LogP contribution < -0.4 is 10.6 Å². The summed E-state index contributed by atoms with van der Waals surface area (Å²) in [6.45, 7) is 2.82. The number of nitro groups is 1. The van der Waals surface area contributed by atoms with E-state index in [-0.39, 0.29) is 22.8 Å². The van der Waals surface area contributed by atoms with Crippen LogP contribution in [-0.2, 0) is 4.79 Å². The molecule has 0 fully saturated rings. The molecule has 11 heteroatoms. The lowest BCUT2D eigenvalue weighted by atomic mass is 10.2. The minimum absolute atomic E-state index is 0.0121. The molecular weight excluding hydrogens is 383 g/mol. The summed E-state index contributed by atoms with van der Waals surface area (Å²) in [6, 6.07) is 9.45. The number of anilines is 2. The number of nitrogens with zero attached hydrogens (tertiary/aromatic N) is 4. The SMILES string of the molecule is CC(=O)Nc1cc(NC(=O)c2nnn(-c3cccc([N+](=O)[O-])c3)c2C)ccc1F. The molecule has 0 radical (unpaired) electrons. The Morgan fingerprint density at radius 1 is 1.17 bits per heavy atom. The Hall–Kier alpha value is -4.15. The minimum atomic E-state index is -0.647. The van der Waals surface area contributed by atoms with E-state index in [9.17, 15) is 24.1 Å². The third-order valence-electron chi connectivity index (χ3n) is 3.93. The van der Waals surface area contributed by atoms with Gasteiger partial charge in [0.15, 0.2) is 5.69 Å². The number of carbonyl (C=O) groups is 2. The maximum atomic E-state index is 13.7. The van der Waals surface area contributed by atoms with Crippen LogP contribution >= 0.6 is 0 Å². The lowest BCUT2D eigenvalue weighted by molar-refractivity contribution is -0.384. The van der Waals surface area contributed by atoms with Crippen molar-refractivity contribution in [2.24, 2.45) is 0 Å². The first kappa shape index (κ1) is 19.6. The average molecular weight is 398 g/mol. The molecule has 0 saturated heterocycles. The van der Waals surface area contributed by atoms with Gasteiger partial charge in [-0.25, -0.2) is 9.07 Å². The van der Waals surface area contributed by atoms with Gasteiger partial charge >= 0.3 is 0 Å². The largest absolute Gasteiger partial charge is 0.324 e. The number of hydrogen-bond donors (Lipinski definition) is 2. The molecular formula is C18H15FN6O4. The van der Waals surface area contributed by atoms with Gasteiger partial charge in [0, 0.05) is 24.7 Å². The predicted molar refractivity (Wildman–Crippen MR) is 101 cm³/mol. The summed E-state index contributed by atoms with van der Waals surface area (Å²) in [5.74, 6) is -1.71. The molecule has 0 bridgehead atoms. The van der Waals surface area contributed by atoms with Gasteiger partial charge in [-0.15, -0.1) is 5.10 Å². The number of aromatic nitrogens is 3. The summed E-state index contributed by atoms with van der Waals surface area (Å²) in [5.41, 5.74) is 0.754. The van der Waals surface area contributed by atoms with Crippen molar-refractivity contribution >= 4 is 28.9 Å². The van der Waals surface area contributed by atoms with E-state index in [1.54, 1.807) is 13.0 Å². The number of halogens is 1. The Morgan fingerprint density at radius 3 is 2.62 bits per heavy atom. The van der Waals surface area contributed by atoms with Crippen molar-refractivity contribution in [2.45, 2.75) is 13.8 Å². The van der Waals surface area contributed by atoms with E-state index in [0.717, 1.165) is 6.07 Å². The number of rotatable bonds is 5. The molecule has 0 atom stereocenters. The van der Waals surface area contributed by atoms with E-state index in [1.165, 1.54) is 41.9 Å². The summed E-state index contributed by atoms with van der Waals surface area (Å²) < 4.78 is 15.0. The molecule has 0 aliphatic rings. The number of carbonyl (C=O) groups excluding carboxylic acids is 2. The normalized spacial score (nSPS) is 10.4. The smallest absolute Gasteiger partial charge is 0.278 e. The fourth-order valence-electron chi connectivity index (χ4n) is 2.60. The fourth-order valence-corrected chi connectivity index (χ4v) is 2.60. The van der Waals surface area contributed by atoms with Crippen LogP contribution in [0.3, 0.4) is 0 Å². The van der Waals surface area contributed by atoms with Gasteiger partial charge in [-0.2, -0.15) is 0 Å². The Bertz CT molecular complexity index is 1130. The molecule has 0 aliphatic heterocycles. The molecule has 0 aliphatic carbocycles. The summed E-state index contributed by atoms with van der Waals surface area (Å²) in [7, 11) is 0. The van der Waals surface area contributed by atoms with Crippen LogP contribution in [0.4, 0.5) is 21.5 Å². The third kappa shape index (κ3) is 4.24. The molecule has 1 heterocycles. The first-order chi connectivity index (χ1) is 13.8. The molecule has 3 rings (SSSR count). The topological polar surface area (TPSA) is 132 Å². The molecule has 148 valence electrons. The van der Waals surface area contributed by atoms with Crippen molar-refractivity contribution in [1.29, 1.82) is 0 Å². The number of hydrogen-bond acceptors (Lipinski definition) is 6. The van der Waals surface area contributed by atoms with Crippen LogP contribution in [0.2, 0.25) is 0 Å². The van der Waals surface area contributed by atoms with E-state index in [1.807, 2.05) is 0 Å². The van der Waals surface area contributed by atoms with Crippen molar-refractivity contribution < 1.29 is 18.9 Å². The fraction of sp³-hybridized carbons (Fsp3) is 0.111. The summed E-state index contributed by atoms with van der Waals surface area (Å²) >= 11 is 0. The van der Waals surface area contributed by atoms with Gasteiger partial charge in [0.2, 0.25) is 5.91 Å². The van der Waals surface area contributed by atoms with Crippen LogP contribution in [0.25, 0.3) is 5.69 Å². The zero-order chi connectivity index (χ0) is 21.1. The molecule has 0 unspecified atom stereocenters. The first-order valence-corrected chi connectivity index (χ1v) is 8.32. The third-order valence-corrected chi connectivity index (χ3v) is 3.93. The predicted octanol–water partition coefficient (Wildman–Crippen LogP) is 2.83. The van der Waals surface area contributed by atoms with E-state index < -0.39 is 22.6 Å². The molecule has 1 aromatic heterocycles. The van der Waals surface area contributed by atoms with Crippen LogP contribution in [0.5, 0.6) is 0 Å². The van der Waals surface area contributed by atoms with Gasteiger partial charge in [-0.05, 0) is 31.2 Å². The summed E-state index contributed by atoms with van der Waals surface area (Å²) in [6.07, 6.45) is 0. The number of nitrogens with one attached hydrogen (secondary N) is 2. The Morgan fingerprint density at radius 2 is 1.93 bits per heavy atom. The number of amides is 2. The van der Waals surface area contributed by atoms with Crippen molar-refractivity contribution in [3.8, 4) is 5.69 Å². The van der Waals surface area contributed by atoms with E-state index in [0.29, 0.717) is 11.4 Å². The second kappa shape index (κ2) is 7.84. The highest BCUT2D eigenvalue weighted by molar-refractivity contribution is 6.04. The quantitative estimate of drug-likeness (QED) is 0.502. The van der Waals surface area contributed by atoms with Gasteiger partial charge in [-0.3, -0.25) is 19.7 Å². The lowest BCUT2D eigenvalue weighted by Gasteiger charge is -2.08. The second-order valence-electron chi connectivity index (χ2n) is 6.04. The Labute approximate surface area is 163 Å². The van der Waals surface area contributed by atoms with E-state index in [2.05, 4.69) is 20.9 Å². The average Bonchev–Trinajstić information content (AvgIpc) is 3.05. The van der Waals surface area contributed by atoms with Gasteiger partial charge in [0.1, 0.15) is 5.82 Å². The zero-order valence-corrected chi connectivity index (χ0v) is 15.3. The maximum absolute atomic E-state index is 13.7. The van der Waals surface area contributed by atoms with Crippen LogP contribution in [0.1, 0.15) is 23.1 Å². The Balaban J connectivity index is 1.86. The summed E-state index contributed by atoms with van der Waals surface area (Å²) in [5, 5.41) is 23.6. The molecule has 2 N–H and O–H groups in total. The zero-order valence-electron chi connectivity index (χ0n) is 15.3. The molecule has 29 heavy (non-hydrogen) atoms. The van der Waals surface area contributed by atoms with Gasteiger partial charge < -0.3 is 10.6 Å². The van der Waals surface area contributed by atoms with Gasteiger partial charge in [-0.1, -0.05) is 11.3 Å². The maximum Gasteiger partial charge on any atom is 0.278 e. The standard InChI is InChI=1S/C18H15FN6O4/c1-10-17(22-23-24(10)13-4-3-5-14(9-13)25(28)29)18(27)21-12-6-7-15(19)16(8-12)20-11(2)26/h3-9H,1-2H3,(H,20,26)(H,21,27). The van der Waals surface area contributed by atoms with Gasteiger partial charge in [0.05, 0.1) is 22.0 Å². The number of benzene rings is 2. The van der Waals surface area contributed by atoms with Crippen molar-refractivity contribution in [1.82, 2.24) is 15.0 Å². The molecule has 0 spiro atoms. The number of non-ortho nitro benzene ring substituents is 1. The van der Waals surface area contributed by atoms with Crippen molar-refractivity contribution in [3.63, 3.8) is 0 Å². The molecule has 0 saturated carbocycles. The van der Waals surface area contributed by atoms with Crippen molar-refractivity contribution in [2.75, 3.05) is 10.6 Å². The van der Waals surface area contributed by atoms with Crippen LogP contribution in [-0.4, -0.2) is 31.7 Å². The van der Waals surface area contributed by atoms with Gasteiger partial charge in [0.25, 0.3) is 11.6 Å².